The predicted molar refractivity (Wildman–Crippen MR) is 87.5 cm³/mol. The molecule has 0 saturated carbocycles. The van der Waals surface area contributed by atoms with Gasteiger partial charge in [0.2, 0.25) is 0 Å². The van der Waals surface area contributed by atoms with E-state index in [1.165, 1.54) is 11.3 Å². The number of amides is 1. The molecular formula is C17H23NO4S. The Morgan fingerprint density at radius 3 is 2.87 bits per heavy atom. The van der Waals surface area contributed by atoms with Crippen molar-refractivity contribution in [1.82, 2.24) is 4.90 Å². The summed E-state index contributed by atoms with van der Waals surface area (Å²) < 4.78 is 11.1. The van der Waals surface area contributed by atoms with E-state index in [1.807, 2.05) is 11.4 Å². The molecule has 2 aliphatic heterocycles. The molecule has 6 heteroatoms. The molecule has 2 atom stereocenters. The van der Waals surface area contributed by atoms with Gasteiger partial charge >= 0.3 is 5.97 Å². The smallest absolute Gasteiger partial charge is 0.328 e. The van der Waals surface area contributed by atoms with Crippen molar-refractivity contribution in [2.24, 2.45) is 0 Å². The molecule has 0 bridgehead atoms. The van der Waals surface area contributed by atoms with Crippen molar-refractivity contribution < 1.29 is 19.1 Å². The highest BCUT2D eigenvalue weighted by atomic mass is 32.1. The van der Waals surface area contributed by atoms with Crippen molar-refractivity contribution in [2.45, 2.75) is 50.7 Å². The van der Waals surface area contributed by atoms with E-state index < -0.39 is 6.04 Å². The van der Waals surface area contributed by atoms with Crippen molar-refractivity contribution in [3.8, 4) is 0 Å². The zero-order valence-corrected chi connectivity index (χ0v) is 14.1. The van der Waals surface area contributed by atoms with Gasteiger partial charge in [0.25, 0.3) is 5.91 Å². The summed E-state index contributed by atoms with van der Waals surface area (Å²) in [6, 6.07) is 3.21. The monoisotopic (exact) mass is 337 g/mol. The fourth-order valence-corrected chi connectivity index (χ4v) is 3.85. The van der Waals surface area contributed by atoms with Gasteiger partial charge in [0.05, 0.1) is 11.0 Å². The van der Waals surface area contributed by atoms with Crippen LogP contribution in [0.4, 0.5) is 0 Å². The van der Waals surface area contributed by atoms with E-state index >= 15 is 0 Å². The van der Waals surface area contributed by atoms with Crippen molar-refractivity contribution >= 4 is 23.2 Å². The molecule has 0 aliphatic carbocycles. The standard InChI is InChI=1S/C17H23NO4S/c19-16(15-8-5-11-23-15)18-9-3-1-7-14(18)17(20)22-12-13-6-2-4-10-21-13/h5,8,11,13-14H,1-4,6-7,9-10,12H2/t13-,14+/m1/s1. The molecule has 5 nitrogen and oxygen atoms in total. The van der Waals surface area contributed by atoms with Gasteiger partial charge in [-0.05, 0) is 50.0 Å². The Hall–Kier alpha value is -1.40. The molecule has 3 rings (SSSR count). The molecule has 3 heterocycles. The number of nitrogens with zero attached hydrogens (tertiary/aromatic N) is 1. The SMILES string of the molecule is O=C(OC[C@H]1CCCCO1)[C@@H]1CCCCN1C(=O)c1cccs1. The highest BCUT2D eigenvalue weighted by Crippen LogP contribution is 2.23. The molecule has 0 aromatic carbocycles. The van der Waals surface area contributed by atoms with Gasteiger partial charge in [-0.15, -0.1) is 11.3 Å². The Labute approximate surface area is 140 Å². The van der Waals surface area contributed by atoms with Crippen LogP contribution < -0.4 is 0 Å². The van der Waals surface area contributed by atoms with E-state index in [1.54, 1.807) is 11.0 Å². The second-order valence-electron chi connectivity index (χ2n) is 6.11. The largest absolute Gasteiger partial charge is 0.461 e. The molecule has 2 aliphatic rings. The Balaban J connectivity index is 1.58. The second kappa shape index (κ2) is 7.93. The van der Waals surface area contributed by atoms with E-state index in [2.05, 4.69) is 0 Å². The number of rotatable bonds is 4. The van der Waals surface area contributed by atoms with Gasteiger partial charge in [-0.3, -0.25) is 4.79 Å². The summed E-state index contributed by atoms with van der Waals surface area (Å²) in [6.45, 7) is 1.67. The first-order valence-corrected chi connectivity index (χ1v) is 9.26. The first kappa shape index (κ1) is 16.5. The Morgan fingerprint density at radius 1 is 1.26 bits per heavy atom. The summed E-state index contributed by atoms with van der Waals surface area (Å²) >= 11 is 1.41. The molecule has 2 fully saturated rings. The fourth-order valence-electron chi connectivity index (χ4n) is 3.17. The summed E-state index contributed by atoms with van der Waals surface area (Å²) in [7, 11) is 0. The Morgan fingerprint density at radius 2 is 2.13 bits per heavy atom. The van der Waals surface area contributed by atoms with Gasteiger partial charge in [-0.1, -0.05) is 6.07 Å². The maximum absolute atomic E-state index is 12.6. The van der Waals surface area contributed by atoms with Crippen molar-refractivity contribution in [1.29, 1.82) is 0 Å². The zero-order chi connectivity index (χ0) is 16.1. The first-order valence-electron chi connectivity index (χ1n) is 8.38. The zero-order valence-electron chi connectivity index (χ0n) is 13.2. The van der Waals surface area contributed by atoms with Gasteiger partial charge in [-0.25, -0.2) is 4.79 Å². The van der Waals surface area contributed by atoms with Gasteiger partial charge in [-0.2, -0.15) is 0 Å². The summed E-state index contributed by atoms with van der Waals surface area (Å²) in [5.74, 6) is -0.348. The van der Waals surface area contributed by atoms with Crippen LogP contribution in [-0.4, -0.2) is 48.7 Å². The quantitative estimate of drug-likeness (QED) is 0.793. The maximum Gasteiger partial charge on any atom is 0.328 e. The van der Waals surface area contributed by atoms with Crippen LogP contribution in [0, 0.1) is 0 Å². The highest BCUT2D eigenvalue weighted by Gasteiger charge is 2.34. The molecule has 126 valence electrons. The van der Waals surface area contributed by atoms with Crippen molar-refractivity contribution in [2.75, 3.05) is 19.8 Å². The van der Waals surface area contributed by atoms with Crippen molar-refractivity contribution in [3.05, 3.63) is 22.4 Å². The lowest BCUT2D eigenvalue weighted by Crippen LogP contribution is -2.49. The van der Waals surface area contributed by atoms with Crippen LogP contribution in [0.2, 0.25) is 0 Å². The average molecular weight is 337 g/mol. The van der Waals surface area contributed by atoms with Crippen LogP contribution in [0.25, 0.3) is 0 Å². The second-order valence-corrected chi connectivity index (χ2v) is 7.05. The van der Waals surface area contributed by atoms with E-state index in [9.17, 15) is 9.59 Å². The van der Waals surface area contributed by atoms with Gasteiger partial charge < -0.3 is 14.4 Å². The third-order valence-electron chi connectivity index (χ3n) is 4.45. The number of thiophene rings is 1. The number of likely N-dealkylation sites (tertiary alicyclic amines) is 1. The number of carbonyl (C=O) groups excluding carboxylic acids is 2. The van der Waals surface area contributed by atoms with Crippen LogP contribution in [0.5, 0.6) is 0 Å². The number of esters is 1. The van der Waals surface area contributed by atoms with E-state index in [4.69, 9.17) is 9.47 Å². The lowest BCUT2D eigenvalue weighted by atomic mass is 10.0. The molecule has 1 amide bonds. The van der Waals surface area contributed by atoms with Gasteiger partial charge in [0, 0.05) is 13.2 Å². The third-order valence-corrected chi connectivity index (χ3v) is 5.31. The minimum absolute atomic E-state index is 0.0118. The number of piperidine rings is 1. The predicted octanol–water partition coefficient (Wildman–Crippen LogP) is 2.86. The Bertz CT molecular complexity index is 525. The molecule has 0 N–H and O–H groups in total. The summed E-state index contributed by atoms with van der Waals surface area (Å²) in [5, 5.41) is 1.88. The van der Waals surface area contributed by atoms with Crippen LogP contribution in [0.1, 0.15) is 48.2 Å². The molecule has 1 aromatic heterocycles. The lowest BCUT2D eigenvalue weighted by Gasteiger charge is -2.34. The minimum Gasteiger partial charge on any atom is -0.461 e. The third kappa shape index (κ3) is 4.12. The number of ether oxygens (including phenoxy) is 2. The molecule has 23 heavy (non-hydrogen) atoms. The van der Waals surface area contributed by atoms with Gasteiger partial charge in [0.1, 0.15) is 12.6 Å². The van der Waals surface area contributed by atoms with Crippen LogP contribution >= 0.6 is 11.3 Å². The minimum atomic E-state index is -0.457. The van der Waals surface area contributed by atoms with E-state index in [0.29, 0.717) is 24.4 Å². The normalized spacial score (nSPS) is 25.1. The Kier molecular flexibility index (Phi) is 5.67. The molecule has 0 radical (unpaired) electrons. The lowest BCUT2D eigenvalue weighted by molar-refractivity contribution is -0.155. The number of hydrogen-bond acceptors (Lipinski definition) is 5. The number of hydrogen-bond donors (Lipinski definition) is 0. The number of carbonyl (C=O) groups is 2. The average Bonchev–Trinajstić information content (AvgIpc) is 3.14. The van der Waals surface area contributed by atoms with Gasteiger partial charge in [0.15, 0.2) is 0 Å². The van der Waals surface area contributed by atoms with E-state index in [-0.39, 0.29) is 18.0 Å². The molecular weight excluding hydrogens is 314 g/mol. The van der Waals surface area contributed by atoms with Crippen LogP contribution in [0.3, 0.4) is 0 Å². The topological polar surface area (TPSA) is 55.8 Å². The highest BCUT2D eigenvalue weighted by molar-refractivity contribution is 7.12. The van der Waals surface area contributed by atoms with Crippen LogP contribution in [0.15, 0.2) is 17.5 Å². The molecule has 0 spiro atoms. The molecule has 0 unspecified atom stereocenters. The fraction of sp³-hybridized carbons (Fsp3) is 0.647. The van der Waals surface area contributed by atoms with Crippen LogP contribution in [-0.2, 0) is 14.3 Å². The molecule has 2 saturated heterocycles. The van der Waals surface area contributed by atoms with E-state index in [0.717, 1.165) is 38.7 Å². The summed E-state index contributed by atoms with van der Waals surface area (Å²) in [5.41, 5.74) is 0. The summed E-state index contributed by atoms with van der Waals surface area (Å²) in [4.78, 5) is 27.4. The van der Waals surface area contributed by atoms with Crippen molar-refractivity contribution in [3.63, 3.8) is 0 Å². The first-order chi connectivity index (χ1) is 11.3. The summed E-state index contributed by atoms with van der Waals surface area (Å²) in [6.07, 6.45) is 5.72. The maximum atomic E-state index is 12.6. The molecule has 1 aromatic rings.